The molecule has 6 nitrogen and oxygen atoms in total. The Bertz CT molecular complexity index is 820. The number of hydrogen-bond donors (Lipinski definition) is 2. The van der Waals surface area contributed by atoms with Crippen LogP contribution in [0.15, 0.2) is 53.4 Å². The number of carbonyl (C=O) groups is 1. The van der Waals surface area contributed by atoms with Gasteiger partial charge in [0.1, 0.15) is 5.75 Å². The lowest BCUT2D eigenvalue weighted by atomic mass is 10.1. The Hall–Kier alpha value is -2.38. The second-order valence-corrected chi connectivity index (χ2v) is 7.01. The highest BCUT2D eigenvalue weighted by Gasteiger charge is 2.20. The molecule has 7 heteroatoms. The van der Waals surface area contributed by atoms with E-state index in [0.717, 1.165) is 5.56 Å². The summed E-state index contributed by atoms with van der Waals surface area (Å²) in [5.41, 5.74) is 1.16. The van der Waals surface area contributed by atoms with Gasteiger partial charge in [0, 0.05) is 13.0 Å². The van der Waals surface area contributed by atoms with Crippen LogP contribution in [0.25, 0.3) is 0 Å². The van der Waals surface area contributed by atoms with Crippen molar-refractivity contribution in [1.82, 2.24) is 4.72 Å². The van der Waals surface area contributed by atoms with E-state index in [-0.39, 0.29) is 16.8 Å². The molecule has 0 aliphatic heterocycles. The molecule has 0 spiro atoms. The Morgan fingerprint density at radius 3 is 2.38 bits per heavy atom. The average Bonchev–Trinajstić information content (AvgIpc) is 2.54. The van der Waals surface area contributed by atoms with Crippen molar-refractivity contribution in [2.24, 2.45) is 0 Å². The van der Waals surface area contributed by atoms with Crippen LogP contribution in [-0.4, -0.2) is 21.4 Å². The minimum atomic E-state index is -3.75. The van der Waals surface area contributed by atoms with Crippen molar-refractivity contribution in [3.63, 3.8) is 0 Å². The summed E-state index contributed by atoms with van der Waals surface area (Å²) >= 11 is 0. The molecule has 2 N–H and O–H groups in total. The van der Waals surface area contributed by atoms with Gasteiger partial charge in [-0.15, -0.1) is 0 Å². The molecule has 0 unspecified atom stereocenters. The maximum Gasteiger partial charge on any atom is 0.241 e. The van der Waals surface area contributed by atoms with Gasteiger partial charge in [0.25, 0.3) is 0 Å². The fraction of sp³-hybridized carbons (Fsp3) is 0.235. The number of nitrogens with one attached hydrogen (secondary N) is 2. The van der Waals surface area contributed by atoms with Crippen molar-refractivity contribution < 1.29 is 17.9 Å². The third-order valence-corrected chi connectivity index (χ3v) is 4.96. The number of anilines is 1. The zero-order chi connectivity index (χ0) is 17.7. The lowest BCUT2D eigenvalue weighted by Crippen LogP contribution is -2.27. The molecule has 0 aromatic heterocycles. The summed E-state index contributed by atoms with van der Waals surface area (Å²) < 4.78 is 32.9. The molecule has 2 aromatic rings. The molecule has 0 aliphatic rings. The highest BCUT2D eigenvalue weighted by molar-refractivity contribution is 7.89. The minimum absolute atomic E-state index is 0.0508. The van der Waals surface area contributed by atoms with E-state index in [9.17, 15) is 13.2 Å². The molecule has 0 saturated carbocycles. The fourth-order valence-corrected chi connectivity index (χ4v) is 3.51. The van der Waals surface area contributed by atoms with Gasteiger partial charge >= 0.3 is 0 Å². The molecule has 24 heavy (non-hydrogen) atoms. The normalized spacial score (nSPS) is 12.5. The Morgan fingerprint density at radius 1 is 1.12 bits per heavy atom. The average molecular weight is 348 g/mol. The largest absolute Gasteiger partial charge is 0.495 e. The monoisotopic (exact) mass is 348 g/mol. The molecule has 128 valence electrons. The number of sulfonamides is 1. The van der Waals surface area contributed by atoms with Crippen LogP contribution in [-0.2, 0) is 14.8 Å². The number of methoxy groups -OCH3 is 1. The third-order valence-electron chi connectivity index (χ3n) is 3.42. The SMILES string of the molecule is COc1ccc(S(=O)(=O)N[C@H](C)c2ccccc2)cc1NC(C)=O. The van der Waals surface area contributed by atoms with E-state index < -0.39 is 10.0 Å². The lowest BCUT2D eigenvalue weighted by Gasteiger charge is -2.16. The van der Waals surface area contributed by atoms with Crippen LogP contribution in [0, 0.1) is 0 Å². The number of carbonyl (C=O) groups excluding carboxylic acids is 1. The van der Waals surface area contributed by atoms with Gasteiger partial charge in [-0.25, -0.2) is 13.1 Å². The first-order valence-electron chi connectivity index (χ1n) is 7.36. The van der Waals surface area contributed by atoms with Crippen LogP contribution in [0.1, 0.15) is 25.5 Å². The van der Waals surface area contributed by atoms with Crippen molar-refractivity contribution in [2.75, 3.05) is 12.4 Å². The van der Waals surface area contributed by atoms with Crippen LogP contribution in [0.3, 0.4) is 0 Å². The van der Waals surface area contributed by atoms with E-state index >= 15 is 0 Å². The molecular formula is C17H20N2O4S. The molecule has 1 amide bonds. The van der Waals surface area contributed by atoms with E-state index in [0.29, 0.717) is 11.4 Å². The summed E-state index contributed by atoms with van der Waals surface area (Å²) in [6.07, 6.45) is 0. The van der Waals surface area contributed by atoms with Gasteiger partial charge in [0.15, 0.2) is 0 Å². The van der Waals surface area contributed by atoms with Crippen LogP contribution in [0.5, 0.6) is 5.75 Å². The standard InChI is InChI=1S/C17H20N2O4S/c1-12(14-7-5-4-6-8-14)19-24(21,22)15-9-10-17(23-3)16(11-15)18-13(2)20/h4-12,19H,1-3H3,(H,18,20)/t12-/m1/s1. The molecule has 0 fully saturated rings. The van der Waals surface area contributed by atoms with Crippen molar-refractivity contribution in [2.45, 2.75) is 24.8 Å². The van der Waals surface area contributed by atoms with Crippen LogP contribution >= 0.6 is 0 Å². The Morgan fingerprint density at radius 2 is 1.79 bits per heavy atom. The Labute approximate surface area is 141 Å². The topological polar surface area (TPSA) is 84.5 Å². The Balaban J connectivity index is 2.30. The van der Waals surface area contributed by atoms with Crippen LogP contribution < -0.4 is 14.8 Å². The first kappa shape index (κ1) is 18.0. The van der Waals surface area contributed by atoms with Gasteiger partial charge in [0.05, 0.1) is 17.7 Å². The molecule has 1 atom stereocenters. The second-order valence-electron chi connectivity index (χ2n) is 5.30. The maximum absolute atomic E-state index is 12.6. The van der Waals surface area contributed by atoms with Gasteiger partial charge < -0.3 is 10.1 Å². The molecule has 0 radical (unpaired) electrons. The molecule has 2 rings (SSSR count). The highest BCUT2D eigenvalue weighted by atomic mass is 32.2. The van der Waals surface area contributed by atoms with Gasteiger partial charge in [-0.05, 0) is 30.7 Å². The van der Waals surface area contributed by atoms with Crippen molar-refractivity contribution >= 4 is 21.6 Å². The van der Waals surface area contributed by atoms with Crippen LogP contribution in [0.4, 0.5) is 5.69 Å². The molecule has 0 bridgehead atoms. The van der Waals surface area contributed by atoms with Crippen molar-refractivity contribution in [3.8, 4) is 5.75 Å². The van der Waals surface area contributed by atoms with Crippen molar-refractivity contribution in [1.29, 1.82) is 0 Å². The maximum atomic E-state index is 12.6. The molecule has 2 aromatic carbocycles. The van der Waals surface area contributed by atoms with Gasteiger partial charge in [-0.1, -0.05) is 30.3 Å². The zero-order valence-corrected chi connectivity index (χ0v) is 14.6. The van der Waals surface area contributed by atoms with Crippen molar-refractivity contribution in [3.05, 3.63) is 54.1 Å². The fourth-order valence-electron chi connectivity index (χ4n) is 2.25. The quantitative estimate of drug-likeness (QED) is 0.840. The minimum Gasteiger partial charge on any atom is -0.495 e. The van der Waals surface area contributed by atoms with E-state index in [1.165, 1.54) is 32.2 Å². The molecular weight excluding hydrogens is 328 g/mol. The number of hydrogen-bond acceptors (Lipinski definition) is 4. The predicted molar refractivity (Wildman–Crippen MR) is 92.5 cm³/mol. The number of rotatable bonds is 6. The lowest BCUT2D eigenvalue weighted by molar-refractivity contribution is -0.114. The first-order valence-corrected chi connectivity index (χ1v) is 8.84. The number of ether oxygens (including phenoxy) is 1. The first-order chi connectivity index (χ1) is 11.3. The second kappa shape index (κ2) is 7.46. The number of amides is 1. The summed E-state index contributed by atoms with van der Waals surface area (Å²) in [7, 11) is -2.30. The molecule has 0 aliphatic carbocycles. The summed E-state index contributed by atoms with van der Waals surface area (Å²) in [6, 6.07) is 13.2. The predicted octanol–water partition coefficient (Wildman–Crippen LogP) is 2.69. The summed E-state index contributed by atoms with van der Waals surface area (Å²) in [5.74, 6) is 0.0775. The zero-order valence-electron chi connectivity index (χ0n) is 13.7. The third kappa shape index (κ3) is 4.33. The van der Waals surface area contributed by atoms with Gasteiger partial charge in [-0.2, -0.15) is 0 Å². The highest BCUT2D eigenvalue weighted by Crippen LogP contribution is 2.28. The molecule has 0 saturated heterocycles. The van der Waals surface area contributed by atoms with E-state index in [1.54, 1.807) is 6.92 Å². The smallest absolute Gasteiger partial charge is 0.241 e. The summed E-state index contributed by atoms with van der Waals surface area (Å²) in [5, 5.41) is 2.57. The summed E-state index contributed by atoms with van der Waals surface area (Å²) in [4.78, 5) is 11.3. The van der Waals surface area contributed by atoms with Crippen LogP contribution in [0.2, 0.25) is 0 Å². The van der Waals surface area contributed by atoms with E-state index in [4.69, 9.17) is 4.74 Å². The van der Waals surface area contributed by atoms with Gasteiger partial charge in [-0.3, -0.25) is 4.79 Å². The Kier molecular flexibility index (Phi) is 5.58. The van der Waals surface area contributed by atoms with Gasteiger partial charge in [0.2, 0.25) is 15.9 Å². The summed E-state index contributed by atoms with van der Waals surface area (Å²) in [6.45, 7) is 3.11. The van der Waals surface area contributed by atoms with E-state index in [2.05, 4.69) is 10.0 Å². The van der Waals surface area contributed by atoms with E-state index in [1.807, 2.05) is 30.3 Å². The molecule has 0 heterocycles. The number of benzene rings is 2.